The SMILES string of the molecule is COc1ccccc1-c1nc2ccccc2c(=O)[nH]1.COc1ccccc1C(=O)Cl.N#Cc1ccccc1N. The Kier molecular flexibility index (Phi) is 10.2. The maximum Gasteiger partial charge on any atom is 0.259 e. The van der Waals surface area contributed by atoms with Gasteiger partial charge in [0, 0.05) is 5.69 Å². The Balaban J connectivity index is 0.000000179. The number of nitrogens with zero attached hydrogens (tertiary/aromatic N) is 2. The summed E-state index contributed by atoms with van der Waals surface area (Å²) in [5.74, 6) is 1.70. The number of nitriles is 1. The highest BCUT2D eigenvalue weighted by Crippen LogP contribution is 2.26. The molecule has 0 spiro atoms. The van der Waals surface area contributed by atoms with E-state index in [0.29, 0.717) is 45.0 Å². The number of methoxy groups -OCH3 is 2. The number of nitrogen functional groups attached to an aromatic ring is 1. The normalized spacial score (nSPS) is 9.69. The van der Waals surface area contributed by atoms with Gasteiger partial charge in [-0.1, -0.05) is 48.5 Å². The minimum absolute atomic E-state index is 0.147. The summed E-state index contributed by atoms with van der Waals surface area (Å²) in [5.41, 5.74) is 8.19. The van der Waals surface area contributed by atoms with Crippen molar-refractivity contribution in [2.24, 2.45) is 0 Å². The Bertz CT molecular complexity index is 1680. The first-order valence-electron chi connectivity index (χ1n) is 11.6. The zero-order chi connectivity index (χ0) is 28.2. The van der Waals surface area contributed by atoms with Gasteiger partial charge in [0.2, 0.25) is 0 Å². The molecule has 1 aromatic heterocycles. The number of fused-ring (bicyclic) bond motifs is 1. The average Bonchev–Trinajstić information content (AvgIpc) is 2.98. The van der Waals surface area contributed by atoms with Crippen LogP contribution >= 0.6 is 11.6 Å². The second-order valence-corrected chi connectivity index (χ2v) is 8.15. The van der Waals surface area contributed by atoms with Crippen LogP contribution in [0.2, 0.25) is 0 Å². The number of ether oxygens (including phenoxy) is 2. The first kappa shape index (κ1) is 28.4. The zero-order valence-corrected chi connectivity index (χ0v) is 22.0. The summed E-state index contributed by atoms with van der Waals surface area (Å²) in [4.78, 5) is 30.0. The number of rotatable bonds is 4. The van der Waals surface area contributed by atoms with E-state index in [1.807, 2.05) is 48.5 Å². The van der Waals surface area contributed by atoms with Crippen molar-refractivity contribution in [3.8, 4) is 29.0 Å². The molecule has 5 rings (SSSR count). The third-order valence-corrected chi connectivity index (χ3v) is 5.58. The fourth-order valence-electron chi connectivity index (χ4n) is 3.46. The van der Waals surface area contributed by atoms with Crippen molar-refractivity contribution in [3.63, 3.8) is 0 Å². The minimum Gasteiger partial charge on any atom is -0.496 e. The van der Waals surface area contributed by atoms with Gasteiger partial charge in [0.1, 0.15) is 23.4 Å². The monoisotopic (exact) mass is 540 g/mol. The lowest BCUT2D eigenvalue weighted by molar-refractivity contribution is 0.107. The number of nitrogens with one attached hydrogen (secondary N) is 1. The second kappa shape index (κ2) is 14.0. The topological polar surface area (TPSA) is 131 Å². The molecule has 0 fully saturated rings. The third-order valence-electron chi connectivity index (χ3n) is 5.37. The first-order chi connectivity index (χ1) is 18.9. The molecule has 4 aromatic carbocycles. The molecule has 0 amide bonds. The Morgan fingerprint density at radius 3 is 2.08 bits per heavy atom. The van der Waals surface area contributed by atoms with Crippen LogP contribution in [0.1, 0.15) is 15.9 Å². The van der Waals surface area contributed by atoms with Gasteiger partial charge in [0.05, 0.1) is 41.8 Å². The summed E-state index contributed by atoms with van der Waals surface area (Å²) in [7, 11) is 3.09. The fraction of sp³-hybridized carbons (Fsp3) is 0.0667. The van der Waals surface area contributed by atoms with Crippen molar-refractivity contribution in [3.05, 3.63) is 119 Å². The quantitative estimate of drug-likeness (QED) is 0.217. The van der Waals surface area contributed by atoms with Gasteiger partial charge in [-0.25, -0.2) is 4.98 Å². The predicted octanol–water partition coefficient (Wildman–Crippen LogP) is 5.81. The lowest BCUT2D eigenvalue weighted by atomic mass is 10.1. The number of carbonyl (C=O) groups is 1. The molecule has 0 atom stereocenters. The van der Waals surface area contributed by atoms with Crippen molar-refractivity contribution in [2.75, 3.05) is 20.0 Å². The molecule has 3 N–H and O–H groups in total. The Morgan fingerprint density at radius 1 is 0.872 bits per heavy atom. The summed E-state index contributed by atoms with van der Waals surface area (Å²) >= 11 is 5.27. The van der Waals surface area contributed by atoms with Crippen LogP contribution in [0.5, 0.6) is 11.5 Å². The molecule has 0 aliphatic carbocycles. The number of hydrogen-bond acceptors (Lipinski definition) is 7. The lowest BCUT2D eigenvalue weighted by Gasteiger charge is -2.07. The van der Waals surface area contributed by atoms with Gasteiger partial charge >= 0.3 is 0 Å². The van der Waals surface area contributed by atoms with Crippen LogP contribution in [-0.2, 0) is 0 Å². The van der Waals surface area contributed by atoms with Crippen LogP contribution in [0, 0.1) is 11.3 Å². The first-order valence-corrected chi connectivity index (χ1v) is 12.0. The maximum atomic E-state index is 12.0. The number of hydrogen-bond donors (Lipinski definition) is 2. The van der Waals surface area contributed by atoms with E-state index in [0.717, 1.165) is 5.56 Å². The highest BCUT2D eigenvalue weighted by molar-refractivity contribution is 6.68. The van der Waals surface area contributed by atoms with Gasteiger partial charge < -0.3 is 20.2 Å². The van der Waals surface area contributed by atoms with Crippen molar-refractivity contribution in [1.29, 1.82) is 5.26 Å². The molecule has 0 radical (unpaired) electrons. The van der Waals surface area contributed by atoms with Crippen LogP contribution in [0.15, 0.2) is 102 Å². The molecule has 0 bridgehead atoms. The van der Waals surface area contributed by atoms with E-state index in [-0.39, 0.29) is 5.56 Å². The summed E-state index contributed by atoms with van der Waals surface area (Å²) in [5, 5.41) is 8.48. The molecule has 0 saturated carbocycles. The van der Waals surface area contributed by atoms with E-state index in [4.69, 9.17) is 32.1 Å². The summed E-state index contributed by atoms with van der Waals surface area (Å²) in [6, 6.07) is 30.5. The maximum absolute atomic E-state index is 12.0. The van der Waals surface area contributed by atoms with Crippen molar-refractivity contribution < 1.29 is 14.3 Å². The lowest BCUT2D eigenvalue weighted by Crippen LogP contribution is -2.09. The van der Waals surface area contributed by atoms with E-state index < -0.39 is 5.24 Å². The van der Waals surface area contributed by atoms with E-state index in [1.54, 1.807) is 61.7 Å². The van der Waals surface area contributed by atoms with Crippen molar-refractivity contribution >= 4 is 33.4 Å². The van der Waals surface area contributed by atoms with Crippen molar-refractivity contribution in [1.82, 2.24) is 9.97 Å². The number of benzene rings is 4. The van der Waals surface area contributed by atoms with Crippen LogP contribution < -0.4 is 20.8 Å². The number of aromatic amines is 1. The van der Waals surface area contributed by atoms with Crippen LogP contribution in [0.4, 0.5) is 5.69 Å². The molecular weight excluding hydrogens is 516 g/mol. The molecule has 1 heterocycles. The molecule has 0 aliphatic heterocycles. The van der Waals surface area contributed by atoms with E-state index in [2.05, 4.69) is 9.97 Å². The largest absolute Gasteiger partial charge is 0.496 e. The highest BCUT2D eigenvalue weighted by Gasteiger charge is 2.09. The number of aromatic nitrogens is 2. The number of nitrogens with two attached hydrogens (primary N) is 1. The second-order valence-electron chi connectivity index (χ2n) is 7.81. The highest BCUT2D eigenvalue weighted by atomic mass is 35.5. The third kappa shape index (κ3) is 7.44. The minimum atomic E-state index is -0.498. The molecule has 0 aliphatic rings. The van der Waals surface area contributed by atoms with E-state index in [9.17, 15) is 9.59 Å². The fourth-order valence-corrected chi connectivity index (χ4v) is 3.62. The van der Waals surface area contributed by atoms with Gasteiger partial charge in [0.15, 0.2) is 0 Å². The van der Waals surface area contributed by atoms with E-state index in [1.165, 1.54) is 7.11 Å². The van der Waals surface area contributed by atoms with Gasteiger partial charge in [0.25, 0.3) is 10.8 Å². The number of para-hydroxylation sites is 4. The molecule has 0 unspecified atom stereocenters. The standard InChI is InChI=1S/C15H12N2O2.C8H7ClO2.C7H6N2/c1-19-13-9-5-3-7-11(13)14-16-12-8-4-2-6-10(12)15(18)17-14;1-11-7-5-3-2-4-6(7)8(9)10;8-5-6-3-1-2-4-7(6)9/h2-9H,1H3,(H,16,17,18);2-5H,1H3;1-4H,9H2. The smallest absolute Gasteiger partial charge is 0.259 e. The molecule has 5 aromatic rings. The van der Waals surface area contributed by atoms with E-state index >= 15 is 0 Å². The van der Waals surface area contributed by atoms with Gasteiger partial charge in [-0.15, -0.1) is 0 Å². The predicted molar refractivity (Wildman–Crippen MR) is 153 cm³/mol. The van der Waals surface area contributed by atoms with Gasteiger partial charge in [-0.2, -0.15) is 5.26 Å². The Morgan fingerprint density at radius 2 is 1.46 bits per heavy atom. The van der Waals surface area contributed by atoms with Crippen LogP contribution in [-0.4, -0.2) is 29.4 Å². The summed E-state index contributed by atoms with van der Waals surface area (Å²) in [6.45, 7) is 0. The van der Waals surface area contributed by atoms with Gasteiger partial charge in [-0.05, 0) is 60.1 Å². The zero-order valence-electron chi connectivity index (χ0n) is 21.2. The summed E-state index contributed by atoms with van der Waals surface area (Å²) in [6.07, 6.45) is 0. The Hall–Kier alpha value is -5.13. The van der Waals surface area contributed by atoms with Crippen LogP contribution in [0.25, 0.3) is 22.3 Å². The molecule has 196 valence electrons. The number of H-pyrrole nitrogens is 1. The molecule has 0 saturated heterocycles. The van der Waals surface area contributed by atoms with Gasteiger partial charge in [-0.3, -0.25) is 9.59 Å². The summed E-state index contributed by atoms with van der Waals surface area (Å²) < 4.78 is 10.2. The Labute approximate surface area is 230 Å². The molecular formula is C30H25ClN4O4. The molecule has 8 nitrogen and oxygen atoms in total. The number of anilines is 1. The molecule has 9 heteroatoms. The average molecular weight is 541 g/mol. The van der Waals surface area contributed by atoms with Crippen LogP contribution in [0.3, 0.4) is 0 Å². The number of halogens is 1. The van der Waals surface area contributed by atoms with Crippen molar-refractivity contribution in [2.45, 2.75) is 0 Å². The molecule has 39 heavy (non-hydrogen) atoms. The number of carbonyl (C=O) groups excluding carboxylic acids is 1.